The van der Waals surface area contributed by atoms with Gasteiger partial charge >= 0.3 is 0 Å². The Morgan fingerprint density at radius 1 is 1.03 bits per heavy atom. The minimum Gasteiger partial charge on any atom is -0.497 e. The highest BCUT2D eigenvalue weighted by atomic mass is 32.2. The van der Waals surface area contributed by atoms with Crippen molar-refractivity contribution in [2.45, 2.75) is 11.8 Å². The van der Waals surface area contributed by atoms with Gasteiger partial charge in [-0.25, -0.2) is 8.42 Å². The van der Waals surface area contributed by atoms with Gasteiger partial charge in [-0.1, -0.05) is 24.3 Å². The Kier molecular flexibility index (Phi) is 6.17. The summed E-state index contributed by atoms with van der Waals surface area (Å²) in [6.07, 6.45) is 2.52. The van der Waals surface area contributed by atoms with Crippen molar-refractivity contribution in [2.24, 2.45) is 0 Å². The van der Waals surface area contributed by atoms with Gasteiger partial charge < -0.3 is 9.47 Å². The Balaban J connectivity index is 1.94. The van der Waals surface area contributed by atoms with Crippen LogP contribution in [0.1, 0.15) is 11.1 Å². The first-order valence-corrected chi connectivity index (χ1v) is 11.6. The zero-order chi connectivity index (χ0) is 24.3. The van der Waals surface area contributed by atoms with Crippen molar-refractivity contribution in [1.29, 1.82) is 5.26 Å². The quantitative estimate of drug-likeness (QED) is 0.387. The van der Waals surface area contributed by atoms with Gasteiger partial charge in [0.25, 0.3) is 5.56 Å². The molecule has 2 heterocycles. The summed E-state index contributed by atoms with van der Waals surface area (Å²) < 4.78 is 38.4. The predicted octanol–water partition coefficient (Wildman–Crippen LogP) is 4.14. The van der Waals surface area contributed by atoms with Crippen LogP contribution in [0.2, 0.25) is 0 Å². The van der Waals surface area contributed by atoms with E-state index in [0.717, 1.165) is 6.08 Å². The molecular weight excluding hydrogens is 454 g/mol. The second kappa shape index (κ2) is 9.21. The number of pyridine rings is 1. The van der Waals surface area contributed by atoms with Crippen molar-refractivity contribution < 1.29 is 17.9 Å². The zero-order valence-electron chi connectivity index (χ0n) is 18.3. The molecule has 0 N–H and O–H groups in total. The maximum atomic E-state index is 13.4. The summed E-state index contributed by atoms with van der Waals surface area (Å²) in [5, 5.41) is 9.69. The summed E-state index contributed by atoms with van der Waals surface area (Å²) in [4.78, 5) is 17.2. The maximum absolute atomic E-state index is 13.4. The van der Waals surface area contributed by atoms with E-state index in [0.29, 0.717) is 22.7 Å². The van der Waals surface area contributed by atoms with Gasteiger partial charge in [0.05, 0.1) is 12.0 Å². The highest BCUT2D eigenvalue weighted by molar-refractivity contribution is 7.95. The standard InChI is InChI=1S/C25H19N3O5S/c1-17-7-6-14-28-23(17)27-24(33-19-12-10-18(32-2)11-13-19)22(25(28)29)15-21(16-26)34(30,31)20-8-4-3-5-9-20/h3-15H,1-2H3/b21-15+. The fraction of sp³-hybridized carbons (Fsp3) is 0.0800. The summed E-state index contributed by atoms with van der Waals surface area (Å²) in [6.45, 7) is 1.79. The van der Waals surface area contributed by atoms with Gasteiger partial charge in [0.1, 0.15) is 33.7 Å². The molecule has 9 heteroatoms. The molecule has 2 aromatic heterocycles. The van der Waals surface area contributed by atoms with Gasteiger partial charge in [0.15, 0.2) is 0 Å². The molecule has 0 saturated heterocycles. The lowest BCUT2D eigenvalue weighted by atomic mass is 10.2. The van der Waals surface area contributed by atoms with Crippen LogP contribution in [-0.2, 0) is 9.84 Å². The number of nitriles is 1. The topological polar surface area (TPSA) is 111 Å². The minimum absolute atomic E-state index is 0.0647. The number of allylic oxidation sites excluding steroid dienone is 1. The predicted molar refractivity (Wildman–Crippen MR) is 126 cm³/mol. The molecule has 0 fully saturated rings. The summed E-state index contributed by atoms with van der Waals surface area (Å²) >= 11 is 0. The van der Waals surface area contributed by atoms with Gasteiger partial charge in [-0.2, -0.15) is 10.2 Å². The highest BCUT2D eigenvalue weighted by Crippen LogP contribution is 2.28. The van der Waals surface area contributed by atoms with Gasteiger partial charge in [0.2, 0.25) is 15.7 Å². The summed E-state index contributed by atoms with van der Waals surface area (Å²) in [7, 11) is -2.64. The number of rotatable bonds is 6. The normalized spacial score (nSPS) is 11.7. The average Bonchev–Trinajstić information content (AvgIpc) is 2.85. The summed E-state index contributed by atoms with van der Waals surface area (Å²) in [6, 6.07) is 19.3. The SMILES string of the molecule is COc1ccc(Oc2nc3c(C)cccn3c(=O)c2/C=C(\C#N)S(=O)(=O)c2ccccc2)cc1. The van der Waals surface area contributed by atoms with Crippen LogP contribution in [-0.4, -0.2) is 24.9 Å². The van der Waals surface area contributed by atoms with Gasteiger partial charge in [-0.3, -0.25) is 9.20 Å². The largest absolute Gasteiger partial charge is 0.497 e. The molecule has 0 aliphatic heterocycles. The molecule has 0 spiro atoms. The van der Waals surface area contributed by atoms with E-state index >= 15 is 0 Å². The van der Waals surface area contributed by atoms with Crippen LogP contribution in [0.15, 0.2) is 87.5 Å². The monoisotopic (exact) mass is 473 g/mol. The van der Waals surface area contributed by atoms with E-state index in [1.807, 2.05) is 0 Å². The minimum atomic E-state index is -4.17. The zero-order valence-corrected chi connectivity index (χ0v) is 19.1. The Bertz CT molecular complexity index is 1600. The van der Waals surface area contributed by atoms with Crippen molar-refractivity contribution in [3.8, 4) is 23.4 Å². The van der Waals surface area contributed by atoms with Gasteiger partial charge in [-0.15, -0.1) is 0 Å². The van der Waals surface area contributed by atoms with Crippen molar-refractivity contribution in [2.75, 3.05) is 7.11 Å². The third-order valence-electron chi connectivity index (χ3n) is 5.05. The lowest BCUT2D eigenvalue weighted by Gasteiger charge is -2.12. The van der Waals surface area contributed by atoms with Crippen LogP contribution in [0.4, 0.5) is 0 Å². The van der Waals surface area contributed by atoms with Crippen LogP contribution in [0, 0.1) is 18.3 Å². The Morgan fingerprint density at radius 3 is 2.35 bits per heavy atom. The van der Waals surface area contributed by atoms with Crippen LogP contribution < -0.4 is 15.0 Å². The van der Waals surface area contributed by atoms with Crippen LogP contribution in [0.5, 0.6) is 17.4 Å². The fourth-order valence-corrected chi connectivity index (χ4v) is 4.44. The molecule has 34 heavy (non-hydrogen) atoms. The number of hydrogen-bond donors (Lipinski definition) is 0. The van der Waals surface area contributed by atoms with Crippen LogP contribution in [0.3, 0.4) is 0 Å². The third-order valence-corrected chi connectivity index (χ3v) is 6.73. The lowest BCUT2D eigenvalue weighted by molar-refractivity contribution is 0.412. The number of ether oxygens (including phenoxy) is 2. The Labute approximate surface area is 195 Å². The van der Waals surface area contributed by atoms with Crippen molar-refractivity contribution >= 4 is 21.6 Å². The number of sulfone groups is 1. The molecule has 170 valence electrons. The molecule has 0 unspecified atom stereocenters. The first-order valence-electron chi connectivity index (χ1n) is 10.1. The van der Waals surface area contributed by atoms with Crippen molar-refractivity contribution in [1.82, 2.24) is 9.38 Å². The lowest BCUT2D eigenvalue weighted by Crippen LogP contribution is -2.20. The molecule has 0 atom stereocenters. The molecule has 4 rings (SSSR count). The Hall–Kier alpha value is -4.42. The fourth-order valence-electron chi connectivity index (χ4n) is 3.28. The number of fused-ring (bicyclic) bond motifs is 1. The van der Waals surface area contributed by atoms with Gasteiger partial charge in [-0.05, 0) is 61.0 Å². The molecule has 4 aromatic rings. The second-order valence-electron chi connectivity index (χ2n) is 7.24. The molecular formula is C25H19N3O5S. The number of aromatic nitrogens is 2. The first-order chi connectivity index (χ1) is 16.3. The second-order valence-corrected chi connectivity index (χ2v) is 9.15. The number of benzene rings is 2. The highest BCUT2D eigenvalue weighted by Gasteiger charge is 2.23. The van der Waals surface area contributed by atoms with E-state index in [-0.39, 0.29) is 16.3 Å². The van der Waals surface area contributed by atoms with E-state index in [1.54, 1.807) is 67.6 Å². The molecule has 8 nitrogen and oxygen atoms in total. The molecule has 0 saturated carbocycles. The van der Waals surface area contributed by atoms with E-state index in [4.69, 9.17) is 9.47 Å². The summed E-state index contributed by atoms with van der Waals surface area (Å²) in [5.74, 6) is 0.834. The molecule has 0 aliphatic rings. The molecule has 0 radical (unpaired) electrons. The number of methoxy groups -OCH3 is 1. The number of nitrogens with zero attached hydrogens (tertiary/aromatic N) is 3. The number of hydrogen-bond acceptors (Lipinski definition) is 7. The third kappa shape index (κ3) is 4.27. The molecule has 2 aromatic carbocycles. The molecule has 0 amide bonds. The van der Waals surface area contributed by atoms with Crippen molar-refractivity contribution in [3.05, 3.63) is 99.3 Å². The maximum Gasteiger partial charge on any atom is 0.269 e. The van der Waals surface area contributed by atoms with Gasteiger partial charge in [0, 0.05) is 6.20 Å². The molecule has 0 aliphatic carbocycles. The summed E-state index contributed by atoms with van der Waals surface area (Å²) in [5.41, 5.74) is 0.313. The van der Waals surface area contributed by atoms with Crippen molar-refractivity contribution in [3.63, 3.8) is 0 Å². The van der Waals surface area contributed by atoms with E-state index < -0.39 is 20.3 Å². The van der Waals surface area contributed by atoms with E-state index in [2.05, 4.69) is 4.98 Å². The van der Waals surface area contributed by atoms with Crippen LogP contribution >= 0.6 is 0 Å². The average molecular weight is 474 g/mol. The first kappa shape index (κ1) is 22.8. The van der Waals surface area contributed by atoms with Crippen LogP contribution in [0.25, 0.3) is 11.7 Å². The Morgan fingerprint density at radius 2 is 1.71 bits per heavy atom. The van der Waals surface area contributed by atoms with E-state index in [9.17, 15) is 18.5 Å². The van der Waals surface area contributed by atoms with E-state index in [1.165, 1.54) is 29.8 Å². The molecule has 0 bridgehead atoms. The smallest absolute Gasteiger partial charge is 0.269 e. The number of aryl methyl sites for hydroxylation is 1.